The fourth-order valence-corrected chi connectivity index (χ4v) is 3.04. The zero-order valence-electron chi connectivity index (χ0n) is 15.8. The summed E-state index contributed by atoms with van der Waals surface area (Å²) >= 11 is 5.65. The van der Waals surface area contributed by atoms with Crippen molar-refractivity contribution in [2.75, 3.05) is 12.5 Å². The number of carbonyl (C=O) groups is 1. The number of benzene rings is 1. The first-order valence-electron chi connectivity index (χ1n) is 8.49. The summed E-state index contributed by atoms with van der Waals surface area (Å²) in [5, 5.41) is 13.3. The smallest absolute Gasteiger partial charge is 0.251 e. The van der Waals surface area contributed by atoms with Crippen LogP contribution in [0.4, 0.5) is 0 Å². The lowest BCUT2D eigenvalue weighted by Crippen LogP contribution is -2.50. The molecule has 140 valence electrons. The minimum atomic E-state index is -1.99. The van der Waals surface area contributed by atoms with Crippen molar-refractivity contribution in [1.29, 1.82) is 0 Å². The highest BCUT2D eigenvalue weighted by molar-refractivity contribution is 6.74. The van der Waals surface area contributed by atoms with Gasteiger partial charge in [0, 0.05) is 11.4 Å². The molecule has 1 rings (SSSR count). The standard InChI is InChI=1S/C19H30ClNO3Si/c1-19(2,3)25(4,5)24-14-16(17(22)12-9-13-20)21-18(23)15-10-7-6-8-11-15/h6-12,16-17,22H,13-14H2,1-5H3,(H,21,23)/b12-9+/t16-,17+/m0/s1. The molecule has 0 fully saturated rings. The maximum Gasteiger partial charge on any atom is 0.251 e. The lowest BCUT2D eigenvalue weighted by Gasteiger charge is -2.37. The van der Waals surface area contributed by atoms with E-state index in [2.05, 4.69) is 39.2 Å². The molecule has 0 unspecified atom stereocenters. The molecule has 2 N–H and O–H groups in total. The highest BCUT2D eigenvalue weighted by Gasteiger charge is 2.38. The number of aliphatic hydroxyl groups is 1. The first kappa shape index (κ1) is 21.9. The van der Waals surface area contributed by atoms with Crippen molar-refractivity contribution >= 4 is 25.8 Å². The van der Waals surface area contributed by atoms with Gasteiger partial charge in [0.25, 0.3) is 5.91 Å². The highest BCUT2D eigenvalue weighted by atomic mass is 35.5. The van der Waals surface area contributed by atoms with Crippen molar-refractivity contribution in [2.24, 2.45) is 0 Å². The van der Waals surface area contributed by atoms with Crippen molar-refractivity contribution in [2.45, 2.75) is 51.0 Å². The van der Waals surface area contributed by atoms with E-state index < -0.39 is 20.5 Å². The minimum absolute atomic E-state index is 0.0535. The molecule has 1 aromatic carbocycles. The van der Waals surface area contributed by atoms with Crippen LogP contribution >= 0.6 is 11.6 Å². The predicted molar refractivity (Wildman–Crippen MR) is 107 cm³/mol. The van der Waals surface area contributed by atoms with Gasteiger partial charge < -0.3 is 14.8 Å². The van der Waals surface area contributed by atoms with Crippen LogP contribution in [0, 0.1) is 0 Å². The molecule has 0 saturated heterocycles. The molecule has 0 spiro atoms. The maximum atomic E-state index is 12.4. The van der Waals surface area contributed by atoms with Crippen molar-refractivity contribution in [3.63, 3.8) is 0 Å². The Morgan fingerprint density at radius 3 is 2.44 bits per heavy atom. The molecule has 25 heavy (non-hydrogen) atoms. The van der Waals surface area contributed by atoms with Crippen molar-refractivity contribution in [3.8, 4) is 0 Å². The Bertz CT molecular complexity index is 570. The van der Waals surface area contributed by atoms with E-state index in [0.29, 0.717) is 11.4 Å². The molecule has 0 aliphatic carbocycles. The van der Waals surface area contributed by atoms with Crippen LogP contribution in [0.2, 0.25) is 18.1 Å². The molecular formula is C19H30ClNO3Si. The van der Waals surface area contributed by atoms with E-state index in [0.717, 1.165) is 0 Å². The van der Waals surface area contributed by atoms with E-state index in [4.69, 9.17) is 16.0 Å². The van der Waals surface area contributed by atoms with E-state index in [1.54, 1.807) is 36.4 Å². The van der Waals surface area contributed by atoms with Crippen LogP contribution in [0.15, 0.2) is 42.5 Å². The Balaban J connectivity index is 2.86. The SMILES string of the molecule is CC(C)(C)[Si](C)(C)OC[C@H](NC(=O)c1ccccc1)[C@H](O)/C=C/CCl. The van der Waals surface area contributed by atoms with Gasteiger partial charge in [0.15, 0.2) is 8.32 Å². The Morgan fingerprint density at radius 2 is 1.92 bits per heavy atom. The summed E-state index contributed by atoms with van der Waals surface area (Å²) in [6, 6.07) is 8.40. The molecule has 0 heterocycles. The Labute approximate surface area is 157 Å². The number of alkyl halides is 1. The van der Waals surface area contributed by atoms with Crippen LogP contribution in [0.1, 0.15) is 31.1 Å². The summed E-state index contributed by atoms with van der Waals surface area (Å²) in [6.07, 6.45) is 2.40. The van der Waals surface area contributed by atoms with Gasteiger partial charge in [-0.2, -0.15) is 0 Å². The van der Waals surface area contributed by atoms with Crippen LogP contribution in [-0.2, 0) is 4.43 Å². The van der Waals surface area contributed by atoms with Crippen LogP contribution < -0.4 is 5.32 Å². The third-order valence-corrected chi connectivity index (χ3v) is 9.30. The summed E-state index contributed by atoms with van der Waals surface area (Å²) in [4.78, 5) is 12.4. The second-order valence-corrected chi connectivity index (χ2v) is 12.7. The average molecular weight is 384 g/mol. The van der Waals surface area contributed by atoms with Crippen LogP contribution in [0.5, 0.6) is 0 Å². The van der Waals surface area contributed by atoms with Gasteiger partial charge in [-0.1, -0.05) is 51.1 Å². The molecule has 0 saturated carbocycles. The van der Waals surface area contributed by atoms with E-state index >= 15 is 0 Å². The summed E-state index contributed by atoms with van der Waals surface area (Å²) in [6.45, 7) is 11.0. The van der Waals surface area contributed by atoms with Gasteiger partial charge in [-0.25, -0.2) is 0 Å². The number of halogens is 1. The fourth-order valence-electron chi connectivity index (χ4n) is 1.91. The second kappa shape index (κ2) is 9.53. The number of hydrogen-bond acceptors (Lipinski definition) is 3. The first-order valence-corrected chi connectivity index (χ1v) is 11.9. The molecule has 1 amide bonds. The summed E-state index contributed by atoms with van der Waals surface area (Å²) in [5.74, 6) is 0.0715. The van der Waals surface area contributed by atoms with E-state index in [1.807, 2.05) is 6.07 Å². The third-order valence-electron chi connectivity index (χ3n) is 4.62. The van der Waals surface area contributed by atoms with Gasteiger partial charge in [-0.15, -0.1) is 11.6 Å². The lowest BCUT2D eigenvalue weighted by molar-refractivity contribution is 0.0820. The zero-order chi connectivity index (χ0) is 19.1. The monoisotopic (exact) mass is 383 g/mol. The highest BCUT2D eigenvalue weighted by Crippen LogP contribution is 2.36. The first-order chi connectivity index (χ1) is 11.6. The van der Waals surface area contributed by atoms with E-state index in [1.165, 1.54) is 0 Å². The van der Waals surface area contributed by atoms with E-state index in [-0.39, 0.29) is 17.6 Å². The quantitative estimate of drug-likeness (QED) is 0.405. The average Bonchev–Trinajstić information content (AvgIpc) is 2.55. The number of nitrogens with one attached hydrogen (secondary N) is 1. The number of amides is 1. The number of hydrogen-bond donors (Lipinski definition) is 2. The second-order valence-electron chi connectivity index (χ2n) is 7.59. The molecule has 6 heteroatoms. The largest absolute Gasteiger partial charge is 0.415 e. The summed E-state index contributed by atoms with van der Waals surface area (Å²) in [5.41, 5.74) is 0.549. The van der Waals surface area contributed by atoms with Gasteiger partial charge in [-0.3, -0.25) is 4.79 Å². The van der Waals surface area contributed by atoms with Crippen molar-refractivity contribution in [1.82, 2.24) is 5.32 Å². The molecule has 0 radical (unpaired) electrons. The molecule has 1 aromatic rings. The number of allylic oxidation sites excluding steroid dienone is 1. The fraction of sp³-hybridized carbons (Fsp3) is 0.526. The van der Waals surface area contributed by atoms with Crippen molar-refractivity contribution in [3.05, 3.63) is 48.0 Å². The number of carbonyl (C=O) groups excluding carboxylic acids is 1. The zero-order valence-corrected chi connectivity index (χ0v) is 17.5. The molecular weight excluding hydrogens is 354 g/mol. The Hall–Kier alpha value is -1.14. The molecule has 4 nitrogen and oxygen atoms in total. The Kier molecular flexibility index (Phi) is 8.34. The minimum Gasteiger partial charge on any atom is -0.415 e. The third kappa shape index (κ3) is 6.94. The van der Waals surface area contributed by atoms with Gasteiger partial charge in [0.1, 0.15) is 0 Å². The lowest BCUT2D eigenvalue weighted by atomic mass is 10.1. The van der Waals surface area contributed by atoms with Gasteiger partial charge >= 0.3 is 0 Å². The molecule has 0 bridgehead atoms. The van der Waals surface area contributed by atoms with Crippen molar-refractivity contribution < 1.29 is 14.3 Å². The molecule has 0 aromatic heterocycles. The van der Waals surface area contributed by atoms with E-state index in [9.17, 15) is 9.90 Å². The van der Waals surface area contributed by atoms with Crippen LogP contribution in [0.3, 0.4) is 0 Å². The Morgan fingerprint density at radius 1 is 1.32 bits per heavy atom. The summed E-state index contributed by atoms with van der Waals surface area (Å²) < 4.78 is 6.19. The molecule has 0 aliphatic rings. The number of rotatable bonds is 8. The topological polar surface area (TPSA) is 58.6 Å². The molecule has 2 atom stereocenters. The van der Waals surface area contributed by atoms with Gasteiger partial charge in [-0.05, 0) is 30.3 Å². The molecule has 0 aliphatic heterocycles. The van der Waals surface area contributed by atoms with Gasteiger partial charge in [0.05, 0.1) is 18.8 Å². The van der Waals surface area contributed by atoms with Crippen LogP contribution in [0.25, 0.3) is 0 Å². The van der Waals surface area contributed by atoms with Crippen LogP contribution in [-0.4, -0.2) is 44.0 Å². The predicted octanol–water partition coefficient (Wildman–Crippen LogP) is 3.96. The summed E-state index contributed by atoms with van der Waals surface area (Å²) in [7, 11) is -1.99. The number of aliphatic hydroxyl groups excluding tert-OH is 1. The van der Waals surface area contributed by atoms with Gasteiger partial charge in [0.2, 0.25) is 0 Å². The maximum absolute atomic E-state index is 12.4. The normalized spacial score (nSPS) is 15.2.